The van der Waals surface area contributed by atoms with Crippen molar-refractivity contribution in [3.05, 3.63) is 21.3 Å². The summed E-state index contributed by atoms with van der Waals surface area (Å²) in [5.41, 5.74) is -0.764. The molecular weight excluding hydrogens is 298 g/mol. The molecule has 2 aliphatic heterocycles. The van der Waals surface area contributed by atoms with Crippen molar-refractivity contribution in [2.24, 2.45) is 5.41 Å². The second kappa shape index (κ2) is 4.74. The van der Waals surface area contributed by atoms with Gasteiger partial charge in [-0.2, -0.15) is 0 Å². The highest BCUT2D eigenvalue weighted by Gasteiger charge is 2.60. The Hall–Kier alpha value is -1.07. The molecule has 0 spiro atoms. The van der Waals surface area contributed by atoms with E-state index in [1.54, 1.807) is 17.0 Å². The molecule has 0 aromatic carbocycles. The highest BCUT2D eigenvalue weighted by molar-refractivity contribution is 7.17. The summed E-state index contributed by atoms with van der Waals surface area (Å²) in [6.45, 7) is 1.90. The first-order valence-corrected chi connectivity index (χ1v) is 8.00. The average molecular weight is 314 g/mol. The maximum Gasteiger partial charge on any atom is 0.311 e. The maximum absolute atomic E-state index is 12.6. The summed E-state index contributed by atoms with van der Waals surface area (Å²) in [4.78, 5) is 26.7. The lowest BCUT2D eigenvalue weighted by Crippen LogP contribution is -2.44. The van der Waals surface area contributed by atoms with Crippen molar-refractivity contribution in [1.82, 2.24) is 4.90 Å². The van der Waals surface area contributed by atoms with Crippen molar-refractivity contribution in [3.8, 4) is 0 Å². The zero-order valence-corrected chi connectivity index (χ0v) is 12.7. The van der Waals surface area contributed by atoms with E-state index in [-0.39, 0.29) is 18.0 Å². The second-order valence-electron chi connectivity index (χ2n) is 5.58. The lowest BCUT2D eigenvalue weighted by Gasteiger charge is -2.32. The summed E-state index contributed by atoms with van der Waals surface area (Å²) in [6.07, 6.45) is 2.84. The minimum Gasteiger partial charge on any atom is -0.481 e. The number of thiophene rings is 1. The van der Waals surface area contributed by atoms with Crippen LogP contribution in [0.2, 0.25) is 4.34 Å². The molecule has 3 rings (SSSR count). The van der Waals surface area contributed by atoms with Crippen LogP contribution in [0, 0.1) is 5.41 Å². The Morgan fingerprint density at radius 3 is 2.75 bits per heavy atom. The van der Waals surface area contributed by atoms with Gasteiger partial charge in [-0.05, 0) is 37.8 Å². The van der Waals surface area contributed by atoms with Gasteiger partial charge in [0.15, 0.2) is 0 Å². The van der Waals surface area contributed by atoms with Crippen LogP contribution in [0.5, 0.6) is 0 Å². The van der Waals surface area contributed by atoms with E-state index in [0.29, 0.717) is 22.1 Å². The van der Waals surface area contributed by atoms with E-state index in [9.17, 15) is 14.7 Å². The first-order chi connectivity index (χ1) is 9.49. The molecule has 2 fully saturated rings. The van der Waals surface area contributed by atoms with Gasteiger partial charge >= 0.3 is 5.97 Å². The Morgan fingerprint density at radius 1 is 1.50 bits per heavy atom. The number of carbonyl (C=O) groups is 2. The Kier molecular flexibility index (Phi) is 3.29. The molecule has 0 unspecified atom stereocenters. The maximum atomic E-state index is 12.6. The van der Waals surface area contributed by atoms with E-state index in [0.717, 1.165) is 12.8 Å². The Labute approximate surface area is 126 Å². The number of fused-ring (bicyclic) bond motifs is 2. The largest absolute Gasteiger partial charge is 0.481 e. The van der Waals surface area contributed by atoms with Gasteiger partial charge in [0.2, 0.25) is 0 Å². The van der Waals surface area contributed by atoms with E-state index >= 15 is 0 Å². The highest BCUT2D eigenvalue weighted by atomic mass is 35.5. The smallest absolute Gasteiger partial charge is 0.311 e. The predicted molar refractivity (Wildman–Crippen MR) is 77.3 cm³/mol. The van der Waals surface area contributed by atoms with Gasteiger partial charge in [-0.1, -0.05) is 18.5 Å². The van der Waals surface area contributed by atoms with Gasteiger partial charge in [0, 0.05) is 12.1 Å². The summed E-state index contributed by atoms with van der Waals surface area (Å²) in [5.74, 6) is -0.833. The third-order valence-electron chi connectivity index (χ3n) is 4.82. The molecule has 1 N–H and O–H groups in total. The molecule has 1 amide bonds. The monoisotopic (exact) mass is 313 g/mol. The van der Waals surface area contributed by atoms with E-state index in [4.69, 9.17) is 11.6 Å². The number of nitrogens with zero attached hydrogens (tertiary/aromatic N) is 1. The summed E-state index contributed by atoms with van der Waals surface area (Å²) >= 11 is 7.14. The van der Waals surface area contributed by atoms with Crippen molar-refractivity contribution in [2.75, 3.05) is 0 Å². The Morgan fingerprint density at radius 2 is 2.25 bits per heavy atom. The summed E-state index contributed by atoms with van der Waals surface area (Å²) in [5, 5.41) is 9.60. The molecule has 2 saturated heterocycles. The molecule has 4 nitrogen and oxygen atoms in total. The number of rotatable bonds is 3. The van der Waals surface area contributed by atoms with Crippen molar-refractivity contribution in [2.45, 2.75) is 44.7 Å². The van der Waals surface area contributed by atoms with Crippen LogP contribution in [-0.2, 0) is 4.79 Å². The second-order valence-corrected chi connectivity index (χ2v) is 7.30. The van der Waals surface area contributed by atoms with Crippen LogP contribution < -0.4 is 0 Å². The zero-order valence-electron chi connectivity index (χ0n) is 11.1. The molecule has 1 aromatic heterocycles. The van der Waals surface area contributed by atoms with Gasteiger partial charge < -0.3 is 10.0 Å². The summed E-state index contributed by atoms with van der Waals surface area (Å²) in [7, 11) is 0. The first-order valence-electron chi connectivity index (χ1n) is 6.81. The van der Waals surface area contributed by atoms with Gasteiger partial charge in [0.25, 0.3) is 5.91 Å². The van der Waals surface area contributed by atoms with Gasteiger partial charge in [-0.25, -0.2) is 0 Å². The molecule has 20 heavy (non-hydrogen) atoms. The Balaban J connectivity index is 1.93. The normalized spacial score (nSPS) is 31.8. The van der Waals surface area contributed by atoms with E-state index < -0.39 is 11.4 Å². The predicted octanol–water partition coefficient (Wildman–Crippen LogP) is 3.26. The average Bonchev–Trinajstić information content (AvgIpc) is 3.10. The molecule has 0 aliphatic carbocycles. The van der Waals surface area contributed by atoms with E-state index in [1.807, 2.05) is 6.92 Å². The molecule has 2 bridgehead atoms. The van der Waals surface area contributed by atoms with Crippen LogP contribution in [0.1, 0.15) is 42.3 Å². The third kappa shape index (κ3) is 1.79. The third-order valence-corrected chi connectivity index (χ3v) is 6.03. The molecule has 0 saturated carbocycles. The summed E-state index contributed by atoms with van der Waals surface area (Å²) in [6, 6.07) is 3.32. The molecule has 6 heteroatoms. The number of carbonyl (C=O) groups excluding carboxylic acids is 1. The molecule has 1 aromatic rings. The lowest BCUT2D eigenvalue weighted by molar-refractivity contribution is -0.151. The number of hydrogen-bond acceptors (Lipinski definition) is 3. The SMILES string of the molecule is CC[C@@]1(C(=O)O)C[C@@H]2CC[C@H]1N2C(=O)c1ccc(Cl)s1. The minimum absolute atomic E-state index is 0.0597. The number of carboxylic acids is 1. The van der Waals surface area contributed by atoms with E-state index in [2.05, 4.69) is 0 Å². The lowest BCUT2D eigenvalue weighted by atomic mass is 9.72. The van der Waals surface area contributed by atoms with E-state index in [1.165, 1.54) is 11.3 Å². The van der Waals surface area contributed by atoms with Crippen LogP contribution in [-0.4, -0.2) is 34.0 Å². The van der Waals surface area contributed by atoms with Gasteiger partial charge in [0.05, 0.1) is 14.6 Å². The van der Waals surface area contributed by atoms with Crippen LogP contribution in [0.3, 0.4) is 0 Å². The van der Waals surface area contributed by atoms with Crippen LogP contribution in [0.25, 0.3) is 0 Å². The quantitative estimate of drug-likeness (QED) is 0.932. The topological polar surface area (TPSA) is 57.6 Å². The van der Waals surface area contributed by atoms with Crippen molar-refractivity contribution >= 4 is 34.8 Å². The van der Waals surface area contributed by atoms with Crippen LogP contribution in [0.4, 0.5) is 0 Å². The molecule has 3 atom stereocenters. The van der Waals surface area contributed by atoms with Crippen LogP contribution >= 0.6 is 22.9 Å². The zero-order chi connectivity index (χ0) is 14.5. The number of hydrogen-bond donors (Lipinski definition) is 1. The number of amides is 1. The fourth-order valence-electron chi connectivity index (χ4n) is 3.81. The van der Waals surface area contributed by atoms with Gasteiger partial charge in [-0.3, -0.25) is 9.59 Å². The number of carboxylic acid groups (broad SMARTS) is 1. The summed E-state index contributed by atoms with van der Waals surface area (Å²) < 4.78 is 0.583. The molecule has 2 aliphatic rings. The fourth-order valence-corrected chi connectivity index (χ4v) is 4.79. The molecule has 3 heterocycles. The number of halogens is 1. The van der Waals surface area contributed by atoms with Crippen molar-refractivity contribution in [1.29, 1.82) is 0 Å². The standard InChI is InChI=1S/C14H16ClNO3S/c1-2-14(13(18)19)7-8-3-5-10(14)16(8)12(17)9-4-6-11(15)20-9/h4,6,8,10H,2-3,5,7H2,1H3,(H,18,19)/t8-,10+,14+/m0/s1. The molecule has 0 radical (unpaired) electrons. The highest BCUT2D eigenvalue weighted by Crippen LogP contribution is 2.52. The fraction of sp³-hybridized carbons (Fsp3) is 0.571. The minimum atomic E-state index is -0.769. The molecule has 108 valence electrons. The molecular formula is C14H16ClNO3S. The van der Waals surface area contributed by atoms with Gasteiger partial charge in [0.1, 0.15) is 0 Å². The first kappa shape index (κ1) is 13.9. The Bertz CT molecular complexity index is 573. The van der Waals surface area contributed by atoms with Crippen molar-refractivity contribution < 1.29 is 14.7 Å². The van der Waals surface area contributed by atoms with Crippen molar-refractivity contribution in [3.63, 3.8) is 0 Å². The van der Waals surface area contributed by atoms with Crippen LogP contribution in [0.15, 0.2) is 12.1 Å². The number of aliphatic carboxylic acids is 1. The van der Waals surface area contributed by atoms with Gasteiger partial charge in [-0.15, -0.1) is 11.3 Å².